The van der Waals surface area contributed by atoms with Gasteiger partial charge in [0.15, 0.2) is 0 Å². The van der Waals surface area contributed by atoms with Crippen LogP contribution in [0.15, 0.2) is 29.2 Å². The highest BCUT2D eigenvalue weighted by Gasteiger charge is 2.29. The number of hydrogen-bond acceptors (Lipinski definition) is 5. The van der Waals surface area contributed by atoms with Crippen molar-refractivity contribution in [1.82, 2.24) is 5.32 Å². The standard InChI is InChI=1S/C12H17N3O3S/c1-3-14-12(2,11(13)16)8-19-10-6-4-9(5-7-10)15(17)18/h4-7,14H,3,8H2,1-2H3,(H2,13,16). The number of nitro benzene ring substituents is 1. The lowest BCUT2D eigenvalue weighted by Gasteiger charge is -2.26. The van der Waals surface area contributed by atoms with E-state index in [2.05, 4.69) is 5.32 Å². The third-order valence-corrected chi connectivity index (χ3v) is 4.01. The molecule has 1 aromatic carbocycles. The number of carbonyl (C=O) groups is 1. The van der Waals surface area contributed by atoms with Crippen LogP contribution in [0.25, 0.3) is 0 Å². The Bertz CT molecular complexity index is 464. The number of thioether (sulfide) groups is 1. The fraction of sp³-hybridized carbons (Fsp3) is 0.417. The predicted octanol–water partition coefficient (Wildman–Crippen LogP) is 1.54. The summed E-state index contributed by atoms with van der Waals surface area (Å²) in [4.78, 5) is 22.4. The van der Waals surface area contributed by atoms with Gasteiger partial charge < -0.3 is 11.1 Å². The van der Waals surface area contributed by atoms with Gasteiger partial charge in [0, 0.05) is 22.8 Å². The second-order valence-corrected chi connectivity index (χ2v) is 5.32. The maximum absolute atomic E-state index is 11.4. The molecule has 0 aliphatic rings. The summed E-state index contributed by atoms with van der Waals surface area (Å²) in [7, 11) is 0. The fourth-order valence-corrected chi connectivity index (χ4v) is 2.52. The van der Waals surface area contributed by atoms with E-state index in [9.17, 15) is 14.9 Å². The van der Waals surface area contributed by atoms with Crippen LogP contribution in [0.5, 0.6) is 0 Å². The van der Waals surface area contributed by atoms with Crippen LogP contribution in [-0.4, -0.2) is 28.7 Å². The largest absolute Gasteiger partial charge is 0.368 e. The second-order valence-electron chi connectivity index (χ2n) is 4.27. The van der Waals surface area contributed by atoms with Crippen molar-refractivity contribution in [2.45, 2.75) is 24.3 Å². The number of rotatable bonds is 7. The van der Waals surface area contributed by atoms with Gasteiger partial charge in [-0.3, -0.25) is 14.9 Å². The highest BCUT2D eigenvalue weighted by atomic mass is 32.2. The average Bonchev–Trinajstić information content (AvgIpc) is 2.37. The molecule has 0 saturated carbocycles. The van der Waals surface area contributed by atoms with Crippen LogP contribution in [-0.2, 0) is 4.79 Å². The fourth-order valence-electron chi connectivity index (χ4n) is 1.49. The summed E-state index contributed by atoms with van der Waals surface area (Å²) >= 11 is 1.43. The minimum Gasteiger partial charge on any atom is -0.368 e. The van der Waals surface area contributed by atoms with E-state index < -0.39 is 16.4 Å². The van der Waals surface area contributed by atoms with E-state index in [1.165, 1.54) is 23.9 Å². The number of hydrogen-bond donors (Lipinski definition) is 2. The van der Waals surface area contributed by atoms with Crippen LogP contribution in [0.3, 0.4) is 0 Å². The third-order valence-electron chi connectivity index (χ3n) is 2.69. The molecule has 0 spiro atoms. The Labute approximate surface area is 115 Å². The van der Waals surface area contributed by atoms with Gasteiger partial charge >= 0.3 is 0 Å². The predicted molar refractivity (Wildman–Crippen MR) is 75.1 cm³/mol. The Morgan fingerprint density at radius 2 is 2.05 bits per heavy atom. The lowest BCUT2D eigenvalue weighted by atomic mass is 10.1. The Balaban J connectivity index is 2.69. The van der Waals surface area contributed by atoms with Crippen molar-refractivity contribution in [3.63, 3.8) is 0 Å². The number of likely N-dealkylation sites (N-methyl/N-ethyl adjacent to an activating group) is 1. The third kappa shape index (κ3) is 4.22. The number of benzene rings is 1. The molecule has 0 saturated heterocycles. The zero-order chi connectivity index (χ0) is 14.5. The first-order chi connectivity index (χ1) is 8.89. The average molecular weight is 283 g/mol. The summed E-state index contributed by atoms with van der Waals surface area (Å²) in [5.41, 5.74) is 4.64. The number of amides is 1. The van der Waals surface area contributed by atoms with Crippen LogP contribution >= 0.6 is 11.8 Å². The molecule has 104 valence electrons. The van der Waals surface area contributed by atoms with Crippen molar-refractivity contribution in [3.05, 3.63) is 34.4 Å². The van der Waals surface area contributed by atoms with Crippen molar-refractivity contribution in [1.29, 1.82) is 0 Å². The van der Waals surface area contributed by atoms with E-state index in [1.807, 2.05) is 6.92 Å². The molecule has 6 nitrogen and oxygen atoms in total. The minimum absolute atomic E-state index is 0.0497. The normalized spacial score (nSPS) is 13.8. The number of nitrogens with one attached hydrogen (secondary N) is 1. The summed E-state index contributed by atoms with van der Waals surface area (Å²) in [6, 6.07) is 6.21. The smallest absolute Gasteiger partial charge is 0.269 e. The second kappa shape index (κ2) is 6.53. The number of non-ortho nitro benzene ring substituents is 1. The molecule has 19 heavy (non-hydrogen) atoms. The monoisotopic (exact) mass is 283 g/mol. The molecule has 0 fully saturated rings. The number of nitrogens with two attached hydrogens (primary N) is 1. The molecule has 0 heterocycles. The first-order valence-electron chi connectivity index (χ1n) is 5.81. The lowest BCUT2D eigenvalue weighted by molar-refractivity contribution is -0.384. The van der Waals surface area contributed by atoms with Gasteiger partial charge in [0.1, 0.15) is 5.54 Å². The molecule has 0 radical (unpaired) electrons. The molecule has 1 unspecified atom stereocenters. The van der Waals surface area contributed by atoms with Crippen molar-refractivity contribution < 1.29 is 9.72 Å². The Morgan fingerprint density at radius 1 is 1.47 bits per heavy atom. The Kier molecular flexibility index (Phi) is 5.31. The van der Waals surface area contributed by atoms with E-state index in [-0.39, 0.29) is 5.69 Å². The SMILES string of the molecule is CCNC(C)(CSc1ccc([N+](=O)[O-])cc1)C(N)=O. The van der Waals surface area contributed by atoms with Gasteiger partial charge in [-0.2, -0.15) is 0 Å². The van der Waals surface area contributed by atoms with E-state index >= 15 is 0 Å². The van der Waals surface area contributed by atoms with Gasteiger partial charge in [-0.25, -0.2) is 0 Å². The van der Waals surface area contributed by atoms with Crippen LogP contribution in [0.4, 0.5) is 5.69 Å². The summed E-state index contributed by atoms with van der Waals surface area (Å²) in [5, 5.41) is 13.6. The topological polar surface area (TPSA) is 98.3 Å². The molecule has 1 aromatic rings. The molecule has 0 bridgehead atoms. The molecule has 0 aliphatic carbocycles. The van der Waals surface area contributed by atoms with Gasteiger partial charge in [0.2, 0.25) is 5.91 Å². The van der Waals surface area contributed by atoms with E-state index in [0.717, 1.165) is 4.90 Å². The lowest BCUT2D eigenvalue weighted by Crippen LogP contribution is -2.55. The van der Waals surface area contributed by atoms with Gasteiger partial charge in [-0.15, -0.1) is 11.8 Å². The summed E-state index contributed by atoms with van der Waals surface area (Å²) < 4.78 is 0. The summed E-state index contributed by atoms with van der Waals surface area (Å²) in [6.45, 7) is 4.29. The van der Waals surface area contributed by atoms with E-state index in [0.29, 0.717) is 12.3 Å². The number of nitro groups is 1. The van der Waals surface area contributed by atoms with Crippen molar-refractivity contribution in [3.8, 4) is 0 Å². The molecule has 3 N–H and O–H groups in total. The Morgan fingerprint density at radius 3 is 2.47 bits per heavy atom. The maximum Gasteiger partial charge on any atom is 0.269 e. The molecule has 1 atom stereocenters. The molecule has 7 heteroatoms. The molecular formula is C12H17N3O3S. The number of primary amides is 1. The molecular weight excluding hydrogens is 266 g/mol. The summed E-state index contributed by atoms with van der Waals surface area (Å²) in [5.74, 6) is 0.0531. The van der Waals surface area contributed by atoms with Crippen LogP contribution in [0.1, 0.15) is 13.8 Å². The maximum atomic E-state index is 11.4. The summed E-state index contributed by atoms with van der Waals surface area (Å²) in [6.07, 6.45) is 0. The molecule has 1 amide bonds. The van der Waals surface area contributed by atoms with Crippen molar-refractivity contribution in [2.75, 3.05) is 12.3 Å². The molecule has 0 aliphatic heterocycles. The first kappa shape index (κ1) is 15.5. The van der Waals surface area contributed by atoms with Gasteiger partial charge in [0.25, 0.3) is 5.69 Å². The highest BCUT2D eigenvalue weighted by Crippen LogP contribution is 2.24. The zero-order valence-corrected chi connectivity index (χ0v) is 11.7. The molecule has 0 aromatic heterocycles. The van der Waals surface area contributed by atoms with E-state index in [4.69, 9.17) is 5.73 Å². The molecule has 1 rings (SSSR count). The van der Waals surface area contributed by atoms with Crippen LogP contribution in [0, 0.1) is 10.1 Å². The van der Waals surface area contributed by atoms with Crippen molar-refractivity contribution in [2.24, 2.45) is 5.73 Å². The van der Waals surface area contributed by atoms with Crippen LogP contribution < -0.4 is 11.1 Å². The van der Waals surface area contributed by atoms with Crippen LogP contribution in [0.2, 0.25) is 0 Å². The van der Waals surface area contributed by atoms with Crippen molar-refractivity contribution >= 4 is 23.4 Å². The van der Waals surface area contributed by atoms with E-state index in [1.54, 1.807) is 19.1 Å². The van der Waals surface area contributed by atoms with Gasteiger partial charge in [-0.05, 0) is 25.6 Å². The first-order valence-corrected chi connectivity index (χ1v) is 6.80. The van der Waals surface area contributed by atoms with Gasteiger partial charge in [0.05, 0.1) is 4.92 Å². The highest BCUT2D eigenvalue weighted by molar-refractivity contribution is 7.99. The quantitative estimate of drug-likeness (QED) is 0.449. The minimum atomic E-state index is -0.790. The number of nitrogens with zero attached hydrogens (tertiary/aromatic N) is 1. The van der Waals surface area contributed by atoms with Gasteiger partial charge in [-0.1, -0.05) is 6.92 Å². The number of carbonyl (C=O) groups excluding carboxylic acids is 1. The zero-order valence-electron chi connectivity index (χ0n) is 10.9. The Hall–Kier alpha value is -1.60.